The van der Waals surface area contributed by atoms with Crippen molar-refractivity contribution in [2.45, 2.75) is 33.6 Å². The van der Waals surface area contributed by atoms with Crippen molar-refractivity contribution in [3.63, 3.8) is 0 Å². The van der Waals surface area contributed by atoms with Gasteiger partial charge in [-0.25, -0.2) is 0 Å². The third-order valence-corrected chi connectivity index (χ3v) is 2.48. The third kappa shape index (κ3) is 9.88. The van der Waals surface area contributed by atoms with Crippen LogP contribution < -0.4 is 4.72 Å². The summed E-state index contributed by atoms with van der Waals surface area (Å²) in [6.45, 7) is 5.72. The third-order valence-electron chi connectivity index (χ3n) is 1.49. The number of hydrogen-bond acceptors (Lipinski definition) is 4. The van der Waals surface area contributed by atoms with E-state index in [1.54, 1.807) is 0 Å². The van der Waals surface area contributed by atoms with Crippen molar-refractivity contribution >= 4 is 16.3 Å². The maximum atomic E-state index is 11.2. The van der Waals surface area contributed by atoms with E-state index in [1.165, 1.54) is 0 Å². The second-order valence-electron chi connectivity index (χ2n) is 4.67. The molecule has 0 bridgehead atoms. The second-order valence-corrected chi connectivity index (χ2v) is 6.10. The normalized spacial score (nSPS) is 12.7. The SMILES string of the molecule is CC(C)(C)COS(=O)(=O)NCCCC(=O)O. The van der Waals surface area contributed by atoms with Gasteiger partial charge < -0.3 is 5.11 Å². The van der Waals surface area contributed by atoms with Gasteiger partial charge in [-0.15, -0.1) is 0 Å². The zero-order chi connectivity index (χ0) is 12.8. The number of carbonyl (C=O) groups is 1. The molecule has 0 unspecified atom stereocenters. The van der Waals surface area contributed by atoms with Crippen molar-refractivity contribution < 1.29 is 22.5 Å². The van der Waals surface area contributed by atoms with Crippen LogP contribution in [0.25, 0.3) is 0 Å². The van der Waals surface area contributed by atoms with Crippen LogP contribution in [0.1, 0.15) is 33.6 Å². The maximum absolute atomic E-state index is 11.2. The zero-order valence-electron chi connectivity index (χ0n) is 9.82. The van der Waals surface area contributed by atoms with Crippen molar-refractivity contribution in [1.82, 2.24) is 4.72 Å². The molecule has 0 saturated carbocycles. The molecule has 0 amide bonds. The highest BCUT2D eigenvalue weighted by Crippen LogP contribution is 2.13. The van der Waals surface area contributed by atoms with E-state index in [0.29, 0.717) is 0 Å². The lowest BCUT2D eigenvalue weighted by Gasteiger charge is -2.17. The highest BCUT2D eigenvalue weighted by atomic mass is 32.2. The van der Waals surface area contributed by atoms with Gasteiger partial charge in [-0.05, 0) is 11.8 Å². The van der Waals surface area contributed by atoms with Crippen molar-refractivity contribution in [3.8, 4) is 0 Å². The minimum absolute atomic E-state index is 0.0677. The quantitative estimate of drug-likeness (QED) is 0.653. The average Bonchev–Trinajstić information content (AvgIpc) is 2.08. The van der Waals surface area contributed by atoms with Crippen LogP contribution in [0.3, 0.4) is 0 Å². The van der Waals surface area contributed by atoms with E-state index in [-0.39, 0.29) is 31.4 Å². The van der Waals surface area contributed by atoms with Gasteiger partial charge in [0.2, 0.25) is 0 Å². The molecule has 0 saturated heterocycles. The summed E-state index contributed by atoms with van der Waals surface area (Å²) in [5.41, 5.74) is -0.240. The molecule has 0 heterocycles. The fourth-order valence-corrected chi connectivity index (χ4v) is 1.72. The largest absolute Gasteiger partial charge is 0.481 e. The Hall–Kier alpha value is -0.660. The van der Waals surface area contributed by atoms with Crippen molar-refractivity contribution in [1.29, 1.82) is 0 Å². The molecule has 16 heavy (non-hydrogen) atoms. The molecule has 6 nitrogen and oxygen atoms in total. The van der Waals surface area contributed by atoms with E-state index >= 15 is 0 Å². The summed E-state index contributed by atoms with van der Waals surface area (Å²) in [5.74, 6) is -0.949. The van der Waals surface area contributed by atoms with Gasteiger partial charge in [0, 0.05) is 13.0 Å². The van der Waals surface area contributed by atoms with Crippen LogP contribution >= 0.6 is 0 Å². The van der Waals surface area contributed by atoms with Gasteiger partial charge in [0.15, 0.2) is 0 Å². The monoisotopic (exact) mass is 253 g/mol. The molecule has 0 atom stereocenters. The zero-order valence-corrected chi connectivity index (χ0v) is 10.6. The van der Waals surface area contributed by atoms with Crippen LogP contribution in [0.2, 0.25) is 0 Å². The molecule has 0 aromatic carbocycles. The Bertz CT molecular complexity index is 317. The Kier molecular flexibility index (Phi) is 5.91. The van der Waals surface area contributed by atoms with Crippen molar-refractivity contribution in [2.24, 2.45) is 5.41 Å². The number of hydrogen-bond donors (Lipinski definition) is 2. The predicted octanol–water partition coefficient (Wildman–Crippen LogP) is 0.748. The second kappa shape index (κ2) is 6.17. The fraction of sp³-hybridized carbons (Fsp3) is 0.889. The molecule has 0 aliphatic rings. The fourth-order valence-electron chi connectivity index (χ4n) is 0.733. The van der Waals surface area contributed by atoms with Crippen molar-refractivity contribution in [3.05, 3.63) is 0 Å². The topological polar surface area (TPSA) is 92.7 Å². The van der Waals surface area contributed by atoms with E-state index in [2.05, 4.69) is 4.72 Å². The summed E-state index contributed by atoms with van der Waals surface area (Å²) in [7, 11) is -3.76. The van der Waals surface area contributed by atoms with E-state index in [0.717, 1.165) is 0 Å². The lowest BCUT2D eigenvalue weighted by Crippen LogP contribution is -2.30. The van der Waals surface area contributed by atoms with Crippen LogP contribution in [-0.2, 0) is 19.3 Å². The van der Waals surface area contributed by atoms with E-state index < -0.39 is 16.3 Å². The molecule has 7 heteroatoms. The Labute approximate surface area is 96.2 Å². The summed E-state index contributed by atoms with van der Waals surface area (Å²) in [6, 6.07) is 0. The molecule has 0 rings (SSSR count). The first kappa shape index (κ1) is 15.3. The van der Waals surface area contributed by atoms with Gasteiger partial charge in [-0.2, -0.15) is 13.1 Å². The van der Waals surface area contributed by atoms with Crippen LogP contribution in [-0.4, -0.2) is 32.6 Å². The molecule has 0 aliphatic heterocycles. The smallest absolute Gasteiger partial charge is 0.335 e. The van der Waals surface area contributed by atoms with E-state index in [4.69, 9.17) is 9.29 Å². The molecule has 0 radical (unpaired) electrons. The van der Waals surface area contributed by atoms with Gasteiger partial charge in [-0.3, -0.25) is 8.98 Å². The predicted molar refractivity (Wildman–Crippen MR) is 59.2 cm³/mol. The molecule has 96 valence electrons. The summed E-state index contributed by atoms with van der Waals surface area (Å²) >= 11 is 0. The molecule has 0 aromatic heterocycles. The van der Waals surface area contributed by atoms with Gasteiger partial charge in [-0.1, -0.05) is 20.8 Å². The first-order valence-electron chi connectivity index (χ1n) is 4.98. The number of aliphatic carboxylic acids is 1. The average molecular weight is 253 g/mol. The summed E-state index contributed by atoms with van der Waals surface area (Å²) in [5, 5.41) is 8.34. The first-order valence-corrected chi connectivity index (χ1v) is 6.39. The first-order chi connectivity index (χ1) is 7.12. The minimum Gasteiger partial charge on any atom is -0.481 e. The number of nitrogens with one attached hydrogen (secondary N) is 1. The highest BCUT2D eigenvalue weighted by molar-refractivity contribution is 7.84. The van der Waals surface area contributed by atoms with Crippen LogP contribution in [0, 0.1) is 5.41 Å². The molecule has 2 N–H and O–H groups in total. The van der Waals surface area contributed by atoms with Crippen LogP contribution in [0.4, 0.5) is 0 Å². The van der Waals surface area contributed by atoms with E-state index in [9.17, 15) is 13.2 Å². The standard InChI is InChI=1S/C9H19NO5S/c1-9(2,3)7-15-16(13,14)10-6-4-5-8(11)12/h10H,4-7H2,1-3H3,(H,11,12). The maximum Gasteiger partial charge on any atom is 0.335 e. The molecule has 0 aliphatic carbocycles. The molecule has 0 aromatic rings. The van der Waals surface area contributed by atoms with Crippen molar-refractivity contribution in [2.75, 3.05) is 13.2 Å². The lowest BCUT2D eigenvalue weighted by molar-refractivity contribution is -0.137. The molecular formula is C9H19NO5S. The summed E-state index contributed by atoms with van der Waals surface area (Å²) in [6.07, 6.45) is 0.176. The number of carboxylic acid groups (broad SMARTS) is 1. The van der Waals surface area contributed by atoms with Gasteiger partial charge in [0.1, 0.15) is 0 Å². The van der Waals surface area contributed by atoms with Crippen LogP contribution in [0.15, 0.2) is 0 Å². The Morgan fingerprint density at radius 1 is 1.38 bits per heavy atom. The van der Waals surface area contributed by atoms with E-state index in [1.807, 2.05) is 20.8 Å². The van der Waals surface area contributed by atoms with Gasteiger partial charge in [0.05, 0.1) is 6.61 Å². The Balaban J connectivity index is 3.84. The number of carboxylic acids is 1. The van der Waals surface area contributed by atoms with Gasteiger partial charge >= 0.3 is 16.3 Å². The molecule has 0 spiro atoms. The summed E-state index contributed by atoms with van der Waals surface area (Å²) in [4.78, 5) is 10.2. The lowest BCUT2D eigenvalue weighted by atomic mass is 9.99. The summed E-state index contributed by atoms with van der Waals surface area (Å²) < 4.78 is 29.4. The van der Waals surface area contributed by atoms with Gasteiger partial charge in [0.25, 0.3) is 0 Å². The Morgan fingerprint density at radius 2 is 1.94 bits per heavy atom. The minimum atomic E-state index is -3.76. The molecule has 0 fully saturated rings. The molecular weight excluding hydrogens is 234 g/mol. The van der Waals surface area contributed by atoms with Crippen LogP contribution in [0.5, 0.6) is 0 Å². The Morgan fingerprint density at radius 3 is 2.38 bits per heavy atom. The highest BCUT2D eigenvalue weighted by Gasteiger charge is 2.17. The number of rotatable bonds is 7.